The van der Waals surface area contributed by atoms with Gasteiger partial charge in [0.2, 0.25) is 0 Å². The highest BCUT2D eigenvalue weighted by Gasteiger charge is 2.20. The quantitative estimate of drug-likeness (QED) is 0.480. The summed E-state index contributed by atoms with van der Waals surface area (Å²) in [5, 5.41) is 12.8. The number of aromatic nitrogens is 1. The molecule has 0 fully saturated rings. The van der Waals surface area contributed by atoms with Gasteiger partial charge < -0.3 is 5.11 Å². The molecule has 8 heteroatoms. The van der Waals surface area contributed by atoms with Crippen molar-refractivity contribution in [3.8, 4) is 0 Å². The number of carboxylic acid groups (broad SMARTS) is 1. The minimum Gasteiger partial charge on any atom is -0.476 e. The standard InChI is InChI=1S/C11H12Cl3N3O2/c1-3-5(4-2)16-17-8-6(12)9(11(18)19)15-10(14)7(8)13/h3-4H2,1-2H3,(H,15,17)(H,18,19). The lowest BCUT2D eigenvalue weighted by atomic mass is 10.2. The summed E-state index contributed by atoms with van der Waals surface area (Å²) in [6.45, 7) is 3.91. The summed E-state index contributed by atoms with van der Waals surface area (Å²) in [6, 6.07) is 0. The van der Waals surface area contributed by atoms with Crippen LogP contribution < -0.4 is 5.43 Å². The van der Waals surface area contributed by atoms with Gasteiger partial charge in [-0.1, -0.05) is 48.7 Å². The number of nitrogens with zero attached hydrogens (tertiary/aromatic N) is 2. The highest BCUT2D eigenvalue weighted by Crippen LogP contribution is 2.36. The van der Waals surface area contributed by atoms with Gasteiger partial charge >= 0.3 is 5.97 Å². The third kappa shape index (κ3) is 3.72. The number of carboxylic acids is 1. The SMILES string of the molecule is CCC(CC)=NNc1c(Cl)c(Cl)nc(C(=O)O)c1Cl. The monoisotopic (exact) mass is 323 g/mol. The Morgan fingerprint density at radius 1 is 1.26 bits per heavy atom. The number of nitrogens with one attached hydrogen (secondary N) is 1. The fourth-order valence-electron chi connectivity index (χ4n) is 1.30. The van der Waals surface area contributed by atoms with Gasteiger partial charge in [-0.3, -0.25) is 5.43 Å². The Bertz CT molecular complexity index is 526. The van der Waals surface area contributed by atoms with Crippen LogP contribution in [0.4, 0.5) is 5.69 Å². The smallest absolute Gasteiger partial charge is 0.356 e. The second kappa shape index (κ2) is 6.93. The topological polar surface area (TPSA) is 74.6 Å². The molecule has 1 heterocycles. The Balaban J connectivity index is 3.26. The molecule has 0 saturated heterocycles. The van der Waals surface area contributed by atoms with Gasteiger partial charge in [0.25, 0.3) is 0 Å². The van der Waals surface area contributed by atoms with Crippen LogP contribution in [0, 0.1) is 0 Å². The molecule has 0 aromatic carbocycles. The second-order valence-corrected chi connectivity index (χ2v) is 4.67. The fourth-order valence-corrected chi connectivity index (χ4v) is 1.96. The van der Waals surface area contributed by atoms with E-state index in [9.17, 15) is 4.79 Å². The maximum absolute atomic E-state index is 11.0. The van der Waals surface area contributed by atoms with Crippen LogP contribution >= 0.6 is 34.8 Å². The Morgan fingerprint density at radius 3 is 2.32 bits per heavy atom. The zero-order valence-corrected chi connectivity index (χ0v) is 12.6. The van der Waals surface area contributed by atoms with E-state index in [1.807, 2.05) is 13.8 Å². The molecule has 0 spiro atoms. The fraction of sp³-hybridized carbons (Fsp3) is 0.364. The molecule has 0 aliphatic heterocycles. The Labute approximate surface area is 125 Å². The first-order valence-corrected chi connectivity index (χ1v) is 6.64. The summed E-state index contributed by atoms with van der Waals surface area (Å²) >= 11 is 17.6. The summed E-state index contributed by atoms with van der Waals surface area (Å²) < 4.78 is 0. The third-order valence-electron chi connectivity index (χ3n) is 2.38. The van der Waals surface area contributed by atoms with E-state index in [2.05, 4.69) is 15.5 Å². The molecule has 5 nitrogen and oxygen atoms in total. The molecule has 1 aromatic rings. The Kier molecular flexibility index (Phi) is 5.85. The molecule has 1 aromatic heterocycles. The zero-order valence-electron chi connectivity index (χ0n) is 10.3. The molecule has 0 saturated carbocycles. The van der Waals surface area contributed by atoms with E-state index in [0.29, 0.717) is 0 Å². The van der Waals surface area contributed by atoms with Crippen molar-refractivity contribution in [2.75, 3.05) is 5.43 Å². The van der Waals surface area contributed by atoms with Gasteiger partial charge in [-0.15, -0.1) is 0 Å². The van der Waals surface area contributed by atoms with E-state index in [-0.39, 0.29) is 26.6 Å². The lowest BCUT2D eigenvalue weighted by molar-refractivity contribution is 0.0691. The summed E-state index contributed by atoms with van der Waals surface area (Å²) in [5.74, 6) is -1.29. The highest BCUT2D eigenvalue weighted by molar-refractivity contribution is 6.46. The minimum absolute atomic E-state index is 0.0342. The normalized spacial score (nSPS) is 10.2. The highest BCUT2D eigenvalue weighted by atomic mass is 35.5. The van der Waals surface area contributed by atoms with Crippen molar-refractivity contribution >= 4 is 52.2 Å². The summed E-state index contributed by atoms with van der Waals surface area (Å²) in [6.07, 6.45) is 1.51. The largest absolute Gasteiger partial charge is 0.476 e. The van der Waals surface area contributed by atoms with E-state index >= 15 is 0 Å². The molecule has 104 valence electrons. The molecule has 0 atom stereocenters. The van der Waals surface area contributed by atoms with Crippen molar-refractivity contribution in [3.05, 3.63) is 20.9 Å². The molecule has 19 heavy (non-hydrogen) atoms. The Morgan fingerprint density at radius 2 is 1.84 bits per heavy atom. The van der Waals surface area contributed by atoms with Gasteiger partial charge in [0.1, 0.15) is 10.0 Å². The van der Waals surface area contributed by atoms with Crippen LogP contribution in [0.1, 0.15) is 37.2 Å². The maximum Gasteiger partial charge on any atom is 0.356 e. The van der Waals surface area contributed by atoms with E-state index in [1.165, 1.54) is 0 Å². The summed E-state index contributed by atoms with van der Waals surface area (Å²) in [4.78, 5) is 14.6. The molecule has 0 radical (unpaired) electrons. The minimum atomic E-state index is -1.29. The number of hydrogen-bond acceptors (Lipinski definition) is 4. The van der Waals surface area contributed by atoms with Crippen LogP contribution in [0.15, 0.2) is 5.10 Å². The summed E-state index contributed by atoms with van der Waals surface area (Å²) in [5.41, 5.74) is 3.31. The maximum atomic E-state index is 11.0. The van der Waals surface area contributed by atoms with Gasteiger partial charge in [0, 0.05) is 5.71 Å². The van der Waals surface area contributed by atoms with Crippen LogP contribution in [-0.4, -0.2) is 21.8 Å². The first-order chi connectivity index (χ1) is 8.92. The van der Waals surface area contributed by atoms with Crippen LogP contribution in [0.5, 0.6) is 0 Å². The summed E-state index contributed by atoms with van der Waals surface area (Å²) in [7, 11) is 0. The molecule has 0 amide bonds. The second-order valence-electron chi connectivity index (χ2n) is 3.56. The lowest BCUT2D eigenvalue weighted by Gasteiger charge is -2.10. The first kappa shape index (κ1) is 16.0. The van der Waals surface area contributed by atoms with E-state index in [4.69, 9.17) is 39.9 Å². The van der Waals surface area contributed by atoms with Gasteiger partial charge in [-0.2, -0.15) is 5.10 Å². The van der Waals surface area contributed by atoms with Crippen LogP contribution in [0.3, 0.4) is 0 Å². The van der Waals surface area contributed by atoms with Crippen molar-refractivity contribution < 1.29 is 9.90 Å². The number of aromatic carboxylic acids is 1. The van der Waals surface area contributed by atoms with Crippen molar-refractivity contribution in [2.24, 2.45) is 5.10 Å². The van der Waals surface area contributed by atoms with E-state index < -0.39 is 5.97 Å². The molecule has 0 unspecified atom stereocenters. The number of carbonyl (C=O) groups is 1. The van der Waals surface area contributed by atoms with E-state index in [1.54, 1.807) is 0 Å². The molecule has 0 bridgehead atoms. The number of halogens is 3. The first-order valence-electron chi connectivity index (χ1n) is 5.51. The van der Waals surface area contributed by atoms with E-state index in [0.717, 1.165) is 18.6 Å². The molecule has 1 rings (SSSR count). The average molecular weight is 325 g/mol. The molecular formula is C11H12Cl3N3O2. The molecule has 0 aliphatic rings. The number of rotatable bonds is 5. The van der Waals surface area contributed by atoms with Crippen LogP contribution in [0.2, 0.25) is 15.2 Å². The number of hydrazone groups is 1. The Hall–Kier alpha value is -1.04. The number of hydrogen-bond donors (Lipinski definition) is 2. The predicted octanol–water partition coefficient (Wildman–Crippen LogP) is 4.33. The van der Waals surface area contributed by atoms with Crippen molar-refractivity contribution in [1.29, 1.82) is 0 Å². The van der Waals surface area contributed by atoms with Crippen molar-refractivity contribution in [2.45, 2.75) is 26.7 Å². The molecular weight excluding hydrogens is 312 g/mol. The number of pyridine rings is 1. The van der Waals surface area contributed by atoms with Crippen LogP contribution in [0.25, 0.3) is 0 Å². The van der Waals surface area contributed by atoms with Gasteiger partial charge in [-0.05, 0) is 12.8 Å². The average Bonchev–Trinajstić information content (AvgIpc) is 2.38. The van der Waals surface area contributed by atoms with Gasteiger partial charge in [0.15, 0.2) is 10.8 Å². The molecule has 0 aliphatic carbocycles. The zero-order chi connectivity index (χ0) is 14.6. The van der Waals surface area contributed by atoms with Gasteiger partial charge in [-0.25, -0.2) is 9.78 Å². The lowest BCUT2D eigenvalue weighted by Crippen LogP contribution is -2.06. The van der Waals surface area contributed by atoms with Crippen LogP contribution in [-0.2, 0) is 0 Å². The van der Waals surface area contributed by atoms with Crippen molar-refractivity contribution in [3.63, 3.8) is 0 Å². The molecule has 2 N–H and O–H groups in total. The number of anilines is 1. The predicted molar refractivity (Wildman–Crippen MR) is 77.9 cm³/mol. The van der Waals surface area contributed by atoms with Gasteiger partial charge in [0.05, 0.1) is 5.69 Å². The van der Waals surface area contributed by atoms with Crippen molar-refractivity contribution in [1.82, 2.24) is 4.98 Å². The third-order valence-corrected chi connectivity index (χ3v) is 3.49.